The third kappa shape index (κ3) is 4.19. The lowest BCUT2D eigenvalue weighted by atomic mass is 10.0. The molecule has 0 aliphatic heterocycles. The monoisotopic (exact) mass is 245 g/mol. The molecule has 0 atom stereocenters. The number of hydrogen-bond donors (Lipinski definition) is 2. The smallest absolute Gasteiger partial charge is 0.228 e. The summed E-state index contributed by atoms with van der Waals surface area (Å²) < 4.78 is 0. The lowest BCUT2D eigenvalue weighted by Gasteiger charge is -2.12. The van der Waals surface area contributed by atoms with Crippen LogP contribution >= 0.6 is 0 Å². The number of carbonyl (C=O) groups excluding carboxylic acids is 1. The third-order valence-electron chi connectivity index (χ3n) is 2.68. The first-order chi connectivity index (χ1) is 8.71. The van der Waals surface area contributed by atoms with E-state index in [0.717, 1.165) is 12.8 Å². The maximum atomic E-state index is 11.9. The molecule has 0 bridgehead atoms. The van der Waals surface area contributed by atoms with E-state index >= 15 is 0 Å². The summed E-state index contributed by atoms with van der Waals surface area (Å²) in [6.07, 6.45) is 1.66. The summed E-state index contributed by atoms with van der Waals surface area (Å²) in [5.41, 5.74) is 5.91. The number of pyridine rings is 1. The highest BCUT2D eigenvalue weighted by atomic mass is 16.1. The highest BCUT2D eigenvalue weighted by Gasteiger charge is 2.14. The summed E-state index contributed by atoms with van der Waals surface area (Å²) in [5, 5.41) is 2.81. The van der Waals surface area contributed by atoms with Gasteiger partial charge in [0.15, 0.2) is 0 Å². The summed E-state index contributed by atoms with van der Waals surface area (Å²) in [7, 11) is 0. The van der Waals surface area contributed by atoms with Gasteiger partial charge < -0.3 is 11.1 Å². The topological polar surface area (TPSA) is 68.0 Å². The lowest BCUT2D eigenvalue weighted by Crippen LogP contribution is -2.22. The number of rotatable bonds is 4. The Morgan fingerprint density at radius 3 is 2.78 bits per heavy atom. The van der Waals surface area contributed by atoms with Crippen LogP contribution in [0.25, 0.3) is 0 Å². The van der Waals surface area contributed by atoms with Crippen LogP contribution in [0, 0.1) is 17.8 Å². The number of nitrogens with one attached hydrogen (secondary N) is 1. The Labute approximate surface area is 108 Å². The SMILES string of the molecule is CCC(CC)C(=O)Nc1cccc(C#CCN)n1. The molecule has 4 heteroatoms. The summed E-state index contributed by atoms with van der Waals surface area (Å²) in [6.45, 7) is 4.31. The molecule has 1 aromatic rings. The highest BCUT2D eigenvalue weighted by Crippen LogP contribution is 2.11. The van der Waals surface area contributed by atoms with Crippen molar-refractivity contribution >= 4 is 11.7 Å². The Bertz CT molecular complexity index is 456. The minimum Gasteiger partial charge on any atom is -0.320 e. The van der Waals surface area contributed by atoms with Crippen molar-refractivity contribution in [1.82, 2.24) is 4.98 Å². The van der Waals surface area contributed by atoms with Crippen LogP contribution in [0.3, 0.4) is 0 Å². The van der Waals surface area contributed by atoms with Gasteiger partial charge >= 0.3 is 0 Å². The minimum absolute atomic E-state index is 0.0106. The minimum atomic E-state index is 0.0106. The van der Waals surface area contributed by atoms with Crippen LogP contribution in [0.5, 0.6) is 0 Å². The summed E-state index contributed by atoms with van der Waals surface area (Å²) >= 11 is 0. The van der Waals surface area contributed by atoms with Crippen molar-refractivity contribution in [2.75, 3.05) is 11.9 Å². The molecule has 1 heterocycles. The molecule has 96 valence electrons. The van der Waals surface area contributed by atoms with Gasteiger partial charge in [-0.2, -0.15) is 0 Å². The predicted octanol–water partition coefficient (Wildman–Crippen LogP) is 1.77. The molecule has 18 heavy (non-hydrogen) atoms. The molecule has 0 radical (unpaired) electrons. The summed E-state index contributed by atoms with van der Waals surface area (Å²) in [4.78, 5) is 16.1. The van der Waals surface area contributed by atoms with E-state index in [0.29, 0.717) is 18.1 Å². The third-order valence-corrected chi connectivity index (χ3v) is 2.68. The molecule has 0 saturated carbocycles. The van der Waals surface area contributed by atoms with E-state index in [-0.39, 0.29) is 11.8 Å². The molecule has 1 rings (SSSR count). The molecule has 3 N–H and O–H groups in total. The van der Waals surface area contributed by atoms with Gasteiger partial charge in [0.05, 0.1) is 6.54 Å². The quantitative estimate of drug-likeness (QED) is 0.794. The number of nitrogens with two attached hydrogens (primary N) is 1. The predicted molar refractivity (Wildman–Crippen MR) is 72.9 cm³/mol. The number of hydrogen-bond acceptors (Lipinski definition) is 3. The van der Waals surface area contributed by atoms with Crippen molar-refractivity contribution in [2.45, 2.75) is 26.7 Å². The van der Waals surface area contributed by atoms with Crippen LogP contribution < -0.4 is 11.1 Å². The summed E-state index contributed by atoms with van der Waals surface area (Å²) in [6, 6.07) is 5.36. The molecule has 0 aliphatic rings. The standard InChI is InChI=1S/C14H19N3O/c1-3-11(4-2)14(18)17-13-9-5-7-12(16-13)8-6-10-15/h5,7,9,11H,3-4,10,15H2,1-2H3,(H,16,17,18). The van der Waals surface area contributed by atoms with E-state index in [4.69, 9.17) is 5.73 Å². The zero-order valence-electron chi connectivity index (χ0n) is 10.9. The normalized spacial score (nSPS) is 9.78. The molecule has 0 spiro atoms. The Morgan fingerprint density at radius 2 is 2.17 bits per heavy atom. The van der Waals surface area contributed by atoms with E-state index in [1.54, 1.807) is 12.1 Å². The van der Waals surface area contributed by atoms with Gasteiger partial charge in [-0.15, -0.1) is 0 Å². The van der Waals surface area contributed by atoms with Crippen molar-refractivity contribution in [2.24, 2.45) is 11.7 Å². The lowest BCUT2D eigenvalue weighted by molar-refractivity contribution is -0.120. The Balaban J connectivity index is 2.76. The number of carbonyl (C=O) groups is 1. The van der Waals surface area contributed by atoms with Gasteiger partial charge in [-0.05, 0) is 30.9 Å². The van der Waals surface area contributed by atoms with Crippen LogP contribution in [-0.2, 0) is 4.79 Å². The number of aromatic nitrogens is 1. The van der Waals surface area contributed by atoms with Crippen LogP contribution in [0.15, 0.2) is 18.2 Å². The molecule has 0 saturated heterocycles. The molecule has 4 nitrogen and oxygen atoms in total. The second-order valence-corrected chi connectivity index (χ2v) is 3.92. The van der Waals surface area contributed by atoms with E-state index in [2.05, 4.69) is 22.1 Å². The molecular formula is C14H19N3O. The molecule has 0 aliphatic carbocycles. The highest BCUT2D eigenvalue weighted by molar-refractivity contribution is 5.91. The Hall–Kier alpha value is -1.86. The Morgan fingerprint density at radius 1 is 1.44 bits per heavy atom. The maximum Gasteiger partial charge on any atom is 0.228 e. The second-order valence-electron chi connectivity index (χ2n) is 3.92. The van der Waals surface area contributed by atoms with Crippen LogP contribution in [-0.4, -0.2) is 17.4 Å². The largest absolute Gasteiger partial charge is 0.320 e. The van der Waals surface area contributed by atoms with Crippen molar-refractivity contribution in [1.29, 1.82) is 0 Å². The fraction of sp³-hybridized carbons (Fsp3) is 0.429. The first-order valence-corrected chi connectivity index (χ1v) is 6.18. The number of nitrogens with zero attached hydrogens (tertiary/aromatic N) is 1. The summed E-state index contributed by atoms with van der Waals surface area (Å²) in [5.74, 6) is 6.15. The number of amides is 1. The van der Waals surface area contributed by atoms with E-state index in [9.17, 15) is 4.79 Å². The fourth-order valence-electron chi connectivity index (χ4n) is 1.60. The Kier molecular flexibility index (Phi) is 5.89. The average molecular weight is 245 g/mol. The molecule has 0 unspecified atom stereocenters. The van der Waals surface area contributed by atoms with Gasteiger partial charge in [-0.1, -0.05) is 25.8 Å². The van der Waals surface area contributed by atoms with Gasteiger partial charge in [0, 0.05) is 5.92 Å². The van der Waals surface area contributed by atoms with Gasteiger partial charge in [0.2, 0.25) is 5.91 Å². The fourth-order valence-corrected chi connectivity index (χ4v) is 1.60. The van der Waals surface area contributed by atoms with E-state index in [1.807, 2.05) is 19.9 Å². The zero-order valence-corrected chi connectivity index (χ0v) is 10.9. The second kappa shape index (κ2) is 7.46. The van der Waals surface area contributed by atoms with Crippen LogP contribution in [0.1, 0.15) is 32.4 Å². The van der Waals surface area contributed by atoms with Gasteiger partial charge in [0.25, 0.3) is 0 Å². The van der Waals surface area contributed by atoms with Gasteiger partial charge in [0.1, 0.15) is 11.5 Å². The van der Waals surface area contributed by atoms with Crippen LogP contribution in [0.2, 0.25) is 0 Å². The van der Waals surface area contributed by atoms with Gasteiger partial charge in [-0.3, -0.25) is 4.79 Å². The first kappa shape index (κ1) is 14.2. The molecular weight excluding hydrogens is 226 g/mol. The zero-order chi connectivity index (χ0) is 13.4. The molecule has 0 fully saturated rings. The van der Waals surface area contributed by atoms with E-state index < -0.39 is 0 Å². The molecule has 1 aromatic heterocycles. The number of anilines is 1. The van der Waals surface area contributed by atoms with Crippen molar-refractivity contribution in [3.63, 3.8) is 0 Å². The maximum absolute atomic E-state index is 11.9. The first-order valence-electron chi connectivity index (χ1n) is 6.18. The van der Waals surface area contributed by atoms with Gasteiger partial charge in [-0.25, -0.2) is 4.98 Å². The average Bonchev–Trinajstić information content (AvgIpc) is 2.38. The van der Waals surface area contributed by atoms with Crippen LogP contribution in [0.4, 0.5) is 5.82 Å². The van der Waals surface area contributed by atoms with Crippen molar-refractivity contribution in [3.8, 4) is 11.8 Å². The molecule has 1 amide bonds. The molecule has 0 aromatic carbocycles. The van der Waals surface area contributed by atoms with E-state index in [1.165, 1.54) is 0 Å². The van der Waals surface area contributed by atoms with Crippen molar-refractivity contribution < 1.29 is 4.79 Å². The van der Waals surface area contributed by atoms with Crippen molar-refractivity contribution in [3.05, 3.63) is 23.9 Å².